The van der Waals surface area contributed by atoms with E-state index in [1.807, 2.05) is 48.2 Å². The maximum Gasteiger partial charge on any atom is 0.261 e. The minimum absolute atomic E-state index is 0.00830. The van der Waals surface area contributed by atoms with Gasteiger partial charge in [0, 0.05) is 5.56 Å². The second-order valence-electron chi connectivity index (χ2n) is 8.46. The molecule has 1 aliphatic rings. The Labute approximate surface area is 159 Å². The lowest BCUT2D eigenvalue weighted by atomic mass is 10.0. The number of amides is 1. The molecule has 1 atom stereocenters. The number of allylic oxidation sites excluding steroid dienone is 2. The van der Waals surface area contributed by atoms with Crippen LogP contribution < -0.4 is 0 Å². The van der Waals surface area contributed by atoms with Crippen LogP contribution in [0.1, 0.15) is 57.3 Å². The van der Waals surface area contributed by atoms with Gasteiger partial charge in [-0.2, -0.15) is 0 Å². The first-order chi connectivity index (χ1) is 12.2. The molecular formula is C22H33NO2Si. The van der Waals surface area contributed by atoms with Crippen LogP contribution in [0.5, 0.6) is 0 Å². The van der Waals surface area contributed by atoms with E-state index in [4.69, 9.17) is 4.43 Å². The number of carbonyl (C=O) groups excluding carboxylic acids is 1. The average molecular weight is 372 g/mol. The third-order valence-corrected chi connectivity index (χ3v) is 9.78. The molecule has 0 aromatic heterocycles. The van der Waals surface area contributed by atoms with Crippen LogP contribution in [-0.2, 0) is 4.43 Å². The monoisotopic (exact) mass is 371 g/mol. The van der Waals surface area contributed by atoms with E-state index in [1.54, 1.807) is 0 Å². The molecule has 1 amide bonds. The molecule has 1 aromatic carbocycles. The van der Waals surface area contributed by atoms with Crippen molar-refractivity contribution in [1.29, 1.82) is 0 Å². The van der Waals surface area contributed by atoms with Crippen LogP contribution in [-0.4, -0.2) is 25.2 Å². The Balaban J connectivity index is 2.40. The SMILES string of the molecule is C/C=C(\O[Si](C)(C)C(C)(C)C)N(C(=O)c1ccccc1)[C@@H]1C=CCCC1. The van der Waals surface area contributed by atoms with Crippen molar-refractivity contribution in [3.63, 3.8) is 0 Å². The zero-order valence-electron chi connectivity index (χ0n) is 17.1. The Morgan fingerprint density at radius 3 is 2.38 bits per heavy atom. The molecule has 0 unspecified atom stereocenters. The summed E-state index contributed by atoms with van der Waals surface area (Å²) in [6.07, 6.45) is 9.42. The van der Waals surface area contributed by atoms with E-state index in [0.717, 1.165) is 19.3 Å². The second-order valence-corrected chi connectivity index (χ2v) is 13.2. The minimum Gasteiger partial charge on any atom is -0.532 e. The van der Waals surface area contributed by atoms with E-state index >= 15 is 0 Å². The Hall–Kier alpha value is -1.81. The van der Waals surface area contributed by atoms with E-state index in [9.17, 15) is 4.79 Å². The van der Waals surface area contributed by atoms with Gasteiger partial charge in [-0.15, -0.1) is 0 Å². The van der Waals surface area contributed by atoms with Crippen molar-refractivity contribution >= 4 is 14.2 Å². The van der Waals surface area contributed by atoms with Crippen LogP contribution in [0.25, 0.3) is 0 Å². The van der Waals surface area contributed by atoms with Crippen molar-refractivity contribution in [2.75, 3.05) is 0 Å². The summed E-state index contributed by atoms with van der Waals surface area (Å²) >= 11 is 0. The normalized spacial score (nSPS) is 18.5. The molecule has 142 valence electrons. The molecule has 0 saturated heterocycles. The van der Waals surface area contributed by atoms with Gasteiger partial charge in [-0.25, -0.2) is 0 Å². The molecule has 0 bridgehead atoms. The van der Waals surface area contributed by atoms with Crippen LogP contribution >= 0.6 is 0 Å². The molecule has 0 fully saturated rings. The van der Waals surface area contributed by atoms with Crippen molar-refractivity contribution in [2.24, 2.45) is 0 Å². The summed E-state index contributed by atoms with van der Waals surface area (Å²) < 4.78 is 6.58. The zero-order chi connectivity index (χ0) is 19.4. The Kier molecular flexibility index (Phi) is 6.51. The van der Waals surface area contributed by atoms with E-state index < -0.39 is 8.32 Å². The highest BCUT2D eigenvalue weighted by atomic mass is 28.4. The maximum absolute atomic E-state index is 13.4. The number of carbonyl (C=O) groups is 1. The second kappa shape index (κ2) is 8.25. The molecule has 0 heterocycles. The fourth-order valence-electron chi connectivity index (χ4n) is 2.81. The van der Waals surface area contributed by atoms with E-state index in [0.29, 0.717) is 11.4 Å². The summed E-state index contributed by atoms with van der Waals surface area (Å²) in [4.78, 5) is 15.2. The highest BCUT2D eigenvalue weighted by Crippen LogP contribution is 2.39. The molecular weight excluding hydrogens is 338 g/mol. The van der Waals surface area contributed by atoms with E-state index in [-0.39, 0.29) is 17.0 Å². The van der Waals surface area contributed by atoms with Gasteiger partial charge < -0.3 is 4.43 Å². The molecule has 3 nitrogen and oxygen atoms in total. The van der Waals surface area contributed by atoms with Crippen molar-refractivity contribution < 1.29 is 9.22 Å². The van der Waals surface area contributed by atoms with Crippen molar-refractivity contribution in [3.8, 4) is 0 Å². The molecule has 0 aliphatic heterocycles. The molecule has 0 spiro atoms. The van der Waals surface area contributed by atoms with E-state index in [1.165, 1.54) is 0 Å². The van der Waals surface area contributed by atoms with Crippen molar-refractivity contribution in [2.45, 2.75) is 71.1 Å². The van der Waals surface area contributed by atoms with Gasteiger partial charge in [0.1, 0.15) is 0 Å². The Morgan fingerprint density at radius 2 is 1.88 bits per heavy atom. The van der Waals surface area contributed by atoms with Crippen LogP contribution in [0.3, 0.4) is 0 Å². The largest absolute Gasteiger partial charge is 0.532 e. The van der Waals surface area contributed by atoms with E-state index in [2.05, 4.69) is 46.0 Å². The van der Waals surface area contributed by atoms with Gasteiger partial charge in [0.05, 0.1) is 6.04 Å². The summed E-state index contributed by atoms with van der Waals surface area (Å²) in [6, 6.07) is 9.55. The van der Waals surface area contributed by atoms with Crippen LogP contribution in [0, 0.1) is 0 Å². The third kappa shape index (κ3) is 4.67. The lowest BCUT2D eigenvalue weighted by molar-refractivity contribution is 0.0673. The third-order valence-electron chi connectivity index (χ3n) is 5.45. The fourth-order valence-corrected chi connectivity index (χ4v) is 3.85. The van der Waals surface area contributed by atoms with Crippen molar-refractivity contribution in [1.82, 2.24) is 4.90 Å². The van der Waals surface area contributed by atoms with Gasteiger partial charge in [0.25, 0.3) is 14.2 Å². The lowest BCUT2D eigenvalue weighted by Crippen LogP contribution is -2.47. The molecule has 0 radical (unpaired) electrons. The molecule has 0 N–H and O–H groups in total. The summed E-state index contributed by atoms with van der Waals surface area (Å²) in [7, 11) is -2.05. The Bertz CT molecular complexity index is 671. The van der Waals surface area contributed by atoms with Crippen LogP contribution in [0.2, 0.25) is 18.1 Å². The maximum atomic E-state index is 13.4. The van der Waals surface area contributed by atoms with Gasteiger partial charge in [0.2, 0.25) is 0 Å². The number of rotatable bonds is 5. The summed E-state index contributed by atoms with van der Waals surface area (Å²) in [5.74, 6) is 0.705. The predicted octanol–water partition coefficient (Wildman–Crippen LogP) is 6.12. The smallest absolute Gasteiger partial charge is 0.261 e. The summed E-state index contributed by atoms with van der Waals surface area (Å²) in [5.41, 5.74) is 0.699. The summed E-state index contributed by atoms with van der Waals surface area (Å²) in [6.45, 7) is 13.1. The fraction of sp³-hybridized carbons (Fsp3) is 0.500. The standard InChI is InChI=1S/C22H33NO2Si/c1-7-20(25-26(5,6)22(2,3)4)23(19-16-12-9-13-17-19)21(24)18-14-10-8-11-15-18/h7-8,10-12,14-16,19H,9,13,17H2,1-6H3/b20-7-/t19-/m1/s1. The first-order valence-electron chi connectivity index (χ1n) is 9.58. The number of hydrogen-bond acceptors (Lipinski definition) is 2. The first-order valence-corrected chi connectivity index (χ1v) is 12.5. The zero-order valence-corrected chi connectivity index (χ0v) is 18.1. The highest BCUT2D eigenvalue weighted by Gasteiger charge is 2.41. The molecule has 2 rings (SSSR count). The minimum atomic E-state index is -2.05. The number of nitrogens with zero attached hydrogens (tertiary/aromatic N) is 1. The van der Waals surface area contributed by atoms with Gasteiger partial charge >= 0.3 is 0 Å². The number of benzene rings is 1. The van der Waals surface area contributed by atoms with Crippen LogP contribution in [0.15, 0.2) is 54.4 Å². The van der Waals surface area contributed by atoms with Gasteiger partial charge in [0.15, 0.2) is 5.88 Å². The number of hydrogen-bond donors (Lipinski definition) is 0. The molecule has 4 heteroatoms. The van der Waals surface area contributed by atoms with Crippen LogP contribution in [0.4, 0.5) is 0 Å². The Morgan fingerprint density at radius 1 is 1.23 bits per heavy atom. The van der Waals surface area contributed by atoms with Gasteiger partial charge in [-0.05, 0) is 62.5 Å². The lowest BCUT2D eigenvalue weighted by Gasteiger charge is -2.41. The molecule has 26 heavy (non-hydrogen) atoms. The quantitative estimate of drug-likeness (QED) is 0.354. The topological polar surface area (TPSA) is 29.5 Å². The summed E-state index contributed by atoms with van der Waals surface area (Å²) in [5, 5.41) is 0.0745. The van der Waals surface area contributed by atoms with Gasteiger partial charge in [-0.3, -0.25) is 9.69 Å². The molecule has 0 saturated carbocycles. The molecule has 1 aromatic rings. The predicted molar refractivity (Wildman–Crippen MR) is 111 cm³/mol. The average Bonchev–Trinajstić information content (AvgIpc) is 2.61. The molecule has 1 aliphatic carbocycles. The highest BCUT2D eigenvalue weighted by molar-refractivity contribution is 6.74. The van der Waals surface area contributed by atoms with Crippen molar-refractivity contribution in [3.05, 3.63) is 60.0 Å². The first kappa shape index (κ1) is 20.5. The van der Waals surface area contributed by atoms with Gasteiger partial charge in [-0.1, -0.05) is 51.1 Å².